The number of hydrogen-bond acceptors (Lipinski definition) is 8. The molecular weight excluding hydrogens is 320 g/mol. The largest absolute Gasteiger partial charge is 0.463 e. The molecule has 0 unspecified atom stereocenters. The van der Waals surface area contributed by atoms with Crippen LogP contribution in [0.2, 0.25) is 0 Å². The number of primary amides is 1. The van der Waals surface area contributed by atoms with Crippen LogP contribution in [0.5, 0.6) is 0 Å². The van der Waals surface area contributed by atoms with Gasteiger partial charge >= 0.3 is 18.0 Å². The molecule has 3 N–H and O–H groups in total. The Balaban J connectivity index is 0.000000441. The first-order chi connectivity index (χ1) is 11.4. The minimum Gasteiger partial charge on any atom is -0.463 e. The van der Waals surface area contributed by atoms with Gasteiger partial charge in [0.2, 0.25) is 0 Å². The van der Waals surface area contributed by atoms with Crippen LogP contribution in [0, 0.1) is 0 Å². The maximum atomic E-state index is 11.1. The number of urea groups is 1. The van der Waals surface area contributed by atoms with Gasteiger partial charge in [0.05, 0.1) is 25.3 Å². The molecule has 0 aromatic heterocycles. The SMILES string of the molecule is CCOC(=O)/C(C)=N/NC(N)=O.CCOC(=O)C1=C(C=O)C=NC1. The number of hydrogen-bond donors (Lipinski definition) is 2. The van der Waals surface area contributed by atoms with Gasteiger partial charge in [-0.3, -0.25) is 9.79 Å². The highest BCUT2D eigenvalue weighted by atomic mass is 16.5. The number of carbonyl (C=O) groups is 4. The van der Waals surface area contributed by atoms with Crippen LogP contribution in [0.3, 0.4) is 0 Å². The second-order valence-corrected chi connectivity index (χ2v) is 4.14. The standard InChI is InChI=1S/C8H9NO3.C6H11N3O3/c1-2-12-8(11)7-4-9-3-6(7)5-10;1-3-12-5(10)4(2)8-9-6(7)11/h3,5H,2,4H2,1H3;3H2,1-2H3,(H3,7,9,11)/b;8-4+. The molecule has 1 aliphatic heterocycles. The van der Waals surface area contributed by atoms with Crippen LogP contribution < -0.4 is 11.2 Å². The molecule has 1 aliphatic rings. The lowest BCUT2D eigenvalue weighted by molar-refractivity contribution is -0.138. The van der Waals surface area contributed by atoms with Crippen LogP contribution in [0.1, 0.15) is 20.8 Å². The van der Waals surface area contributed by atoms with Crippen molar-refractivity contribution in [2.75, 3.05) is 19.8 Å². The van der Waals surface area contributed by atoms with Gasteiger partial charge in [0.1, 0.15) is 5.71 Å². The van der Waals surface area contributed by atoms with E-state index in [4.69, 9.17) is 10.5 Å². The van der Waals surface area contributed by atoms with Crippen molar-refractivity contribution in [2.24, 2.45) is 15.8 Å². The van der Waals surface area contributed by atoms with Gasteiger partial charge in [-0.2, -0.15) is 5.10 Å². The topological polar surface area (TPSA) is 150 Å². The summed E-state index contributed by atoms with van der Waals surface area (Å²) in [6.45, 7) is 5.64. The number of nitrogens with one attached hydrogen (secondary N) is 1. The van der Waals surface area contributed by atoms with Crippen LogP contribution in [0.25, 0.3) is 0 Å². The zero-order valence-corrected chi connectivity index (χ0v) is 13.7. The molecule has 0 aromatic rings. The maximum absolute atomic E-state index is 11.1. The van der Waals surface area contributed by atoms with E-state index in [2.05, 4.69) is 14.8 Å². The smallest absolute Gasteiger partial charge is 0.354 e. The summed E-state index contributed by atoms with van der Waals surface area (Å²) in [4.78, 5) is 46.2. The molecular formula is C14H20N4O6. The van der Waals surface area contributed by atoms with Gasteiger partial charge < -0.3 is 15.2 Å². The van der Waals surface area contributed by atoms with E-state index in [0.29, 0.717) is 24.0 Å². The molecule has 0 radical (unpaired) electrons. The third kappa shape index (κ3) is 7.82. The first-order valence-corrected chi connectivity index (χ1v) is 6.99. The van der Waals surface area contributed by atoms with Crippen LogP contribution in [-0.2, 0) is 23.9 Å². The van der Waals surface area contributed by atoms with Crippen LogP contribution >= 0.6 is 0 Å². The monoisotopic (exact) mass is 340 g/mol. The molecule has 0 saturated heterocycles. The summed E-state index contributed by atoms with van der Waals surface area (Å²) in [5.41, 5.74) is 7.35. The minimum atomic E-state index is -0.821. The molecule has 0 saturated carbocycles. The van der Waals surface area contributed by atoms with Gasteiger partial charge in [-0.1, -0.05) is 0 Å². The Kier molecular flexibility index (Phi) is 10.1. The predicted octanol–water partition coefficient (Wildman–Crippen LogP) is -0.277. The van der Waals surface area contributed by atoms with E-state index in [1.54, 1.807) is 13.8 Å². The van der Waals surface area contributed by atoms with Gasteiger partial charge in [0.25, 0.3) is 0 Å². The summed E-state index contributed by atoms with van der Waals surface area (Å²) in [6, 6.07) is -0.821. The molecule has 0 spiro atoms. The number of carbonyl (C=O) groups excluding carboxylic acids is 4. The van der Waals surface area contributed by atoms with E-state index in [1.165, 1.54) is 13.1 Å². The number of aliphatic imine (C=N–C) groups is 1. The van der Waals surface area contributed by atoms with Crippen molar-refractivity contribution < 1.29 is 28.7 Å². The fraction of sp³-hybridized carbons (Fsp3) is 0.429. The number of nitrogens with zero attached hydrogens (tertiary/aromatic N) is 2. The first kappa shape index (κ1) is 21.0. The summed E-state index contributed by atoms with van der Waals surface area (Å²) in [5.74, 6) is -1.02. The number of hydrazone groups is 1. The lowest BCUT2D eigenvalue weighted by Gasteiger charge is -2.00. The predicted molar refractivity (Wildman–Crippen MR) is 85.5 cm³/mol. The highest BCUT2D eigenvalue weighted by molar-refractivity contribution is 6.35. The quantitative estimate of drug-likeness (QED) is 0.294. The zero-order valence-electron chi connectivity index (χ0n) is 13.7. The van der Waals surface area contributed by atoms with Gasteiger partial charge in [-0.05, 0) is 20.8 Å². The van der Waals surface area contributed by atoms with Crippen LogP contribution in [-0.4, -0.2) is 55.9 Å². The second-order valence-electron chi connectivity index (χ2n) is 4.14. The molecule has 0 aliphatic carbocycles. The second kappa shape index (κ2) is 11.5. The molecule has 2 amide bonds. The number of rotatable bonds is 6. The van der Waals surface area contributed by atoms with Crippen molar-refractivity contribution >= 4 is 36.2 Å². The van der Waals surface area contributed by atoms with Crippen molar-refractivity contribution in [2.45, 2.75) is 20.8 Å². The fourth-order valence-corrected chi connectivity index (χ4v) is 1.33. The van der Waals surface area contributed by atoms with Crippen molar-refractivity contribution in [3.05, 3.63) is 11.1 Å². The highest BCUT2D eigenvalue weighted by Crippen LogP contribution is 2.09. The van der Waals surface area contributed by atoms with Gasteiger partial charge in [0, 0.05) is 11.8 Å². The van der Waals surface area contributed by atoms with Gasteiger partial charge in [-0.15, -0.1) is 0 Å². The van der Waals surface area contributed by atoms with E-state index >= 15 is 0 Å². The van der Waals surface area contributed by atoms with E-state index < -0.39 is 18.0 Å². The lowest BCUT2D eigenvalue weighted by Crippen LogP contribution is -2.27. The summed E-state index contributed by atoms with van der Waals surface area (Å²) in [7, 11) is 0. The normalized spacial score (nSPS) is 12.9. The molecule has 0 fully saturated rings. The third-order valence-electron chi connectivity index (χ3n) is 2.38. The average molecular weight is 340 g/mol. The van der Waals surface area contributed by atoms with E-state index in [-0.39, 0.29) is 18.9 Å². The third-order valence-corrected chi connectivity index (χ3v) is 2.38. The Morgan fingerprint density at radius 1 is 1.33 bits per heavy atom. The highest BCUT2D eigenvalue weighted by Gasteiger charge is 2.18. The fourth-order valence-electron chi connectivity index (χ4n) is 1.33. The average Bonchev–Trinajstić information content (AvgIpc) is 3.02. The maximum Gasteiger partial charge on any atom is 0.354 e. The summed E-state index contributed by atoms with van der Waals surface area (Å²) >= 11 is 0. The summed E-state index contributed by atoms with van der Waals surface area (Å²) in [6.07, 6.45) is 2.00. The molecule has 0 aromatic carbocycles. The number of nitrogens with two attached hydrogens (primary N) is 1. The number of ether oxygens (including phenoxy) is 2. The Bertz CT molecular complexity index is 580. The van der Waals surface area contributed by atoms with Gasteiger partial charge in [0.15, 0.2) is 6.29 Å². The van der Waals surface area contributed by atoms with Crippen molar-refractivity contribution in [3.8, 4) is 0 Å². The molecule has 0 bridgehead atoms. The summed E-state index contributed by atoms with van der Waals surface area (Å²) < 4.78 is 9.30. The Hall–Kier alpha value is -3.04. The Morgan fingerprint density at radius 2 is 1.96 bits per heavy atom. The molecule has 1 rings (SSSR count). The van der Waals surface area contributed by atoms with Gasteiger partial charge in [-0.25, -0.2) is 19.8 Å². The minimum absolute atomic E-state index is 0.0515. The lowest BCUT2D eigenvalue weighted by atomic mass is 10.2. The van der Waals surface area contributed by atoms with E-state index in [9.17, 15) is 19.2 Å². The van der Waals surface area contributed by atoms with Crippen molar-refractivity contribution in [1.29, 1.82) is 0 Å². The molecule has 1 heterocycles. The van der Waals surface area contributed by atoms with Crippen molar-refractivity contribution in [3.63, 3.8) is 0 Å². The Morgan fingerprint density at radius 3 is 2.46 bits per heavy atom. The van der Waals surface area contributed by atoms with Crippen LogP contribution in [0.15, 0.2) is 21.2 Å². The number of allylic oxidation sites excluding steroid dienone is 1. The van der Waals surface area contributed by atoms with E-state index in [1.807, 2.05) is 5.43 Å². The number of amides is 2. The zero-order chi connectivity index (χ0) is 18.5. The molecule has 10 heteroatoms. The molecule has 10 nitrogen and oxygen atoms in total. The molecule has 132 valence electrons. The van der Waals surface area contributed by atoms with E-state index in [0.717, 1.165) is 0 Å². The van der Waals surface area contributed by atoms with Crippen molar-refractivity contribution in [1.82, 2.24) is 5.43 Å². The Labute approximate surface area is 138 Å². The molecule has 24 heavy (non-hydrogen) atoms. The summed E-state index contributed by atoms with van der Waals surface area (Å²) in [5, 5.41) is 3.36. The first-order valence-electron chi connectivity index (χ1n) is 6.99. The number of aldehydes is 1. The van der Waals surface area contributed by atoms with Crippen LogP contribution in [0.4, 0.5) is 4.79 Å². The molecule has 0 atom stereocenters. The number of esters is 2.